The van der Waals surface area contributed by atoms with Crippen molar-refractivity contribution < 1.29 is 8.42 Å². The molecular weight excluding hydrogens is 264 g/mol. The van der Waals surface area contributed by atoms with E-state index in [4.69, 9.17) is 0 Å². The molecule has 0 aromatic carbocycles. The molecule has 19 heavy (non-hydrogen) atoms. The first-order chi connectivity index (χ1) is 8.88. The highest BCUT2D eigenvalue weighted by Crippen LogP contribution is 2.17. The fraction of sp³-hybridized carbons (Fsp3) is 0.750. The minimum atomic E-state index is -3.48. The molecule has 0 atom stereocenters. The van der Waals surface area contributed by atoms with Gasteiger partial charge in [-0.1, -0.05) is 27.2 Å². The van der Waals surface area contributed by atoms with E-state index in [-0.39, 0.29) is 10.9 Å². The molecular formula is C12H24N4O2S. The molecule has 0 unspecified atom stereocenters. The fourth-order valence-corrected chi connectivity index (χ4v) is 3.14. The maximum Gasteiger partial charge on any atom is 0.244 e. The van der Waals surface area contributed by atoms with E-state index < -0.39 is 10.0 Å². The van der Waals surface area contributed by atoms with Gasteiger partial charge in [-0.25, -0.2) is 13.1 Å². The number of rotatable bonds is 8. The Balaban J connectivity index is 2.88. The van der Waals surface area contributed by atoms with E-state index in [1.807, 2.05) is 20.8 Å². The zero-order valence-corrected chi connectivity index (χ0v) is 12.9. The first kappa shape index (κ1) is 16.1. The lowest BCUT2D eigenvalue weighted by Gasteiger charge is -2.09. The zero-order valence-electron chi connectivity index (χ0n) is 12.1. The van der Waals surface area contributed by atoms with Crippen LogP contribution in [-0.4, -0.2) is 31.2 Å². The van der Waals surface area contributed by atoms with Crippen LogP contribution in [0, 0.1) is 6.92 Å². The highest BCUT2D eigenvalue weighted by Gasteiger charge is 2.23. The molecule has 3 N–H and O–H groups in total. The Bertz CT molecular complexity index is 494. The van der Waals surface area contributed by atoms with Gasteiger partial charge in [0.15, 0.2) is 0 Å². The van der Waals surface area contributed by atoms with Crippen LogP contribution < -0.4 is 10.0 Å². The highest BCUT2D eigenvalue weighted by molar-refractivity contribution is 7.89. The van der Waals surface area contributed by atoms with Gasteiger partial charge in [-0.15, -0.1) is 0 Å². The predicted octanol–water partition coefficient (Wildman–Crippen LogP) is 1.29. The van der Waals surface area contributed by atoms with Gasteiger partial charge in [0, 0.05) is 19.1 Å². The van der Waals surface area contributed by atoms with Crippen molar-refractivity contribution in [3.63, 3.8) is 0 Å². The van der Waals surface area contributed by atoms with Crippen LogP contribution in [0.4, 0.5) is 0 Å². The van der Waals surface area contributed by atoms with Crippen molar-refractivity contribution in [2.24, 2.45) is 0 Å². The Labute approximate surface area is 115 Å². The number of aromatic nitrogens is 2. The van der Waals surface area contributed by atoms with Gasteiger partial charge < -0.3 is 5.32 Å². The van der Waals surface area contributed by atoms with E-state index in [0.717, 1.165) is 12.8 Å². The molecule has 0 bridgehead atoms. The average Bonchev–Trinajstić information content (AvgIpc) is 2.68. The Morgan fingerprint density at radius 3 is 2.63 bits per heavy atom. The number of unbranched alkanes of at least 4 members (excludes halogenated alkanes) is 1. The van der Waals surface area contributed by atoms with Crippen molar-refractivity contribution >= 4 is 10.0 Å². The summed E-state index contributed by atoms with van der Waals surface area (Å²) in [7, 11) is -3.48. The SMILES string of the molecule is CCCCNS(=O)(=O)c1c(CNC(C)C)n[nH]c1C. The van der Waals surface area contributed by atoms with Crippen molar-refractivity contribution in [2.45, 2.75) is 58.0 Å². The Kier molecular flexibility index (Phi) is 5.96. The van der Waals surface area contributed by atoms with Crippen LogP contribution in [0.3, 0.4) is 0 Å². The van der Waals surface area contributed by atoms with Crippen LogP contribution >= 0.6 is 0 Å². The molecule has 0 radical (unpaired) electrons. The first-order valence-electron chi connectivity index (χ1n) is 6.65. The van der Waals surface area contributed by atoms with Crippen LogP contribution in [0.5, 0.6) is 0 Å². The monoisotopic (exact) mass is 288 g/mol. The van der Waals surface area contributed by atoms with Gasteiger partial charge in [-0.3, -0.25) is 5.10 Å². The molecule has 1 rings (SSSR count). The van der Waals surface area contributed by atoms with Gasteiger partial charge >= 0.3 is 0 Å². The molecule has 0 fully saturated rings. The summed E-state index contributed by atoms with van der Waals surface area (Å²) in [5, 5.41) is 10.0. The topological polar surface area (TPSA) is 86.9 Å². The van der Waals surface area contributed by atoms with Gasteiger partial charge in [-0.2, -0.15) is 5.10 Å². The normalized spacial score (nSPS) is 12.3. The first-order valence-corrected chi connectivity index (χ1v) is 8.13. The molecule has 0 aliphatic heterocycles. The van der Waals surface area contributed by atoms with Crippen molar-refractivity contribution in [2.75, 3.05) is 6.54 Å². The lowest BCUT2D eigenvalue weighted by atomic mass is 10.3. The molecule has 7 heteroatoms. The van der Waals surface area contributed by atoms with Gasteiger partial charge in [0.2, 0.25) is 10.0 Å². The lowest BCUT2D eigenvalue weighted by Crippen LogP contribution is -2.28. The number of hydrogen-bond acceptors (Lipinski definition) is 4. The molecule has 0 saturated carbocycles. The summed E-state index contributed by atoms with van der Waals surface area (Å²) in [6, 6.07) is 0.278. The molecule has 0 aliphatic carbocycles. The zero-order chi connectivity index (χ0) is 14.5. The summed E-state index contributed by atoms with van der Waals surface area (Å²) in [5.41, 5.74) is 1.11. The minimum Gasteiger partial charge on any atom is -0.309 e. The Morgan fingerprint density at radius 2 is 2.05 bits per heavy atom. The standard InChI is InChI=1S/C12H24N4O2S/c1-5-6-7-14-19(17,18)12-10(4)15-16-11(12)8-13-9(2)3/h9,13-14H,5-8H2,1-4H3,(H,15,16). The highest BCUT2D eigenvalue weighted by atomic mass is 32.2. The van der Waals surface area contributed by atoms with Crippen molar-refractivity contribution in [3.8, 4) is 0 Å². The third-order valence-corrected chi connectivity index (χ3v) is 4.39. The molecule has 0 saturated heterocycles. The molecule has 1 aromatic heterocycles. The minimum absolute atomic E-state index is 0.275. The second-order valence-electron chi connectivity index (χ2n) is 4.91. The molecule has 6 nitrogen and oxygen atoms in total. The number of hydrogen-bond donors (Lipinski definition) is 3. The smallest absolute Gasteiger partial charge is 0.244 e. The number of H-pyrrole nitrogens is 1. The second kappa shape index (κ2) is 7.02. The number of nitrogens with zero attached hydrogens (tertiary/aromatic N) is 1. The van der Waals surface area contributed by atoms with Crippen molar-refractivity contribution in [1.82, 2.24) is 20.2 Å². The van der Waals surface area contributed by atoms with Crippen LogP contribution in [0.25, 0.3) is 0 Å². The molecule has 0 spiro atoms. The van der Waals surface area contributed by atoms with Crippen LogP contribution in [-0.2, 0) is 16.6 Å². The van der Waals surface area contributed by atoms with E-state index in [0.29, 0.717) is 24.5 Å². The van der Waals surface area contributed by atoms with E-state index in [1.54, 1.807) is 6.92 Å². The number of aromatic amines is 1. The number of nitrogens with one attached hydrogen (secondary N) is 3. The van der Waals surface area contributed by atoms with Gasteiger partial charge in [0.1, 0.15) is 4.90 Å². The summed E-state index contributed by atoms with van der Waals surface area (Å²) >= 11 is 0. The quantitative estimate of drug-likeness (QED) is 0.629. The second-order valence-corrected chi connectivity index (χ2v) is 6.62. The largest absolute Gasteiger partial charge is 0.309 e. The van der Waals surface area contributed by atoms with Gasteiger partial charge in [0.25, 0.3) is 0 Å². The summed E-state index contributed by atoms with van der Waals surface area (Å²) in [5.74, 6) is 0. The fourth-order valence-electron chi connectivity index (χ4n) is 1.70. The van der Waals surface area contributed by atoms with Gasteiger partial charge in [-0.05, 0) is 13.3 Å². The number of sulfonamides is 1. The lowest BCUT2D eigenvalue weighted by molar-refractivity contribution is 0.562. The molecule has 0 amide bonds. The molecule has 110 valence electrons. The van der Waals surface area contributed by atoms with E-state index >= 15 is 0 Å². The summed E-state index contributed by atoms with van der Waals surface area (Å²) in [6.07, 6.45) is 1.78. The molecule has 1 aromatic rings. The molecule has 0 aliphatic rings. The average molecular weight is 288 g/mol. The van der Waals surface area contributed by atoms with Crippen LogP contribution in [0.1, 0.15) is 45.0 Å². The summed E-state index contributed by atoms with van der Waals surface area (Å²) < 4.78 is 27.1. The van der Waals surface area contributed by atoms with Crippen molar-refractivity contribution in [3.05, 3.63) is 11.4 Å². The Morgan fingerprint density at radius 1 is 1.37 bits per heavy atom. The van der Waals surface area contributed by atoms with Crippen molar-refractivity contribution in [1.29, 1.82) is 0 Å². The van der Waals surface area contributed by atoms with Crippen LogP contribution in [0.2, 0.25) is 0 Å². The maximum absolute atomic E-state index is 12.3. The van der Waals surface area contributed by atoms with E-state index in [2.05, 4.69) is 20.2 Å². The summed E-state index contributed by atoms with van der Waals surface area (Å²) in [4.78, 5) is 0.275. The van der Waals surface area contributed by atoms with E-state index in [1.165, 1.54) is 0 Å². The van der Waals surface area contributed by atoms with Crippen LogP contribution in [0.15, 0.2) is 4.90 Å². The predicted molar refractivity (Wildman–Crippen MR) is 75.4 cm³/mol. The van der Waals surface area contributed by atoms with E-state index in [9.17, 15) is 8.42 Å². The third-order valence-electron chi connectivity index (χ3n) is 2.73. The maximum atomic E-state index is 12.3. The summed E-state index contributed by atoms with van der Waals surface area (Å²) in [6.45, 7) is 8.66. The Hall–Kier alpha value is -0.920. The number of aryl methyl sites for hydroxylation is 1. The molecule has 1 heterocycles. The third kappa shape index (κ3) is 4.59. The van der Waals surface area contributed by atoms with Gasteiger partial charge in [0.05, 0.1) is 11.4 Å².